The number of hydrazine groups is 1. The molecule has 18 heavy (non-hydrogen) atoms. The maximum Gasteiger partial charge on any atom is 0.419 e. The summed E-state index contributed by atoms with van der Waals surface area (Å²) < 4.78 is 1.74. The lowest BCUT2D eigenvalue weighted by Crippen LogP contribution is -2.52. The number of hydrogen-bond acceptors (Lipinski definition) is 5. The number of aromatic nitrogens is 2. The fourth-order valence-electron chi connectivity index (χ4n) is 2.29. The zero-order valence-corrected chi connectivity index (χ0v) is 10.3. The van der Waals surface area contributed by atoms with Gasteiger partial charge in [0.15, 0.2) is 0 Å². The van der Waals surface area contributed by atoms with E-state index in [4.69, 9.17) is 10.8 Å². The van der Waals surface area contributed by atoms with Gasteiger partial charge in [0.1, 0.15) is 5.82 Å². The van der Waals surface area contributed by atoms with Gasteiger partial charge in [-0.1, -0.05) is 0 Å². The summed E-state index contributed by atoms with van der Waals surface area (Å²) in [5, 5.41) is 12.7. The minimum atomic E-state index is -1.08. The molecule has 1 aliphatic rings. The molecule has 0 saturated carbocycles. The van der Waals surface area contributed by atoms with Crippen molar-refractivity contribution >= 4 is 17.6 Å². The first-order chi connectivity index (χ1) is 8.58. The molecular weight excluding hydrogens is 236 g/mol. The van der Waals surface area contributed by atoms with Crippen molar-refractivity contribution in [1.29, 1.82) is 0 Å². The van der Waals surface area contributed by atoms with Crippen LogP contribution in [0.2, 0.25) is 0 Å². The van der Waals surface area contributed by atoms with Crippen molar-refractivity contribution in [3.8, 4) is 0 Å². The van der Waals surface area contributed by atoms with Crippen molar-refractivity contribution in [2.45, 2.75) is 18.9 Å². The van der Waals surface area contributed by atoms with Gasteiger partial charge in [0.25, 0.3) is 0 Å². The Bertz CT molecular complexity index is 413. The molecule has 1 fully saturated rings. The number of hydrogen-bond donors (Lipinski definition) is 4. The van der Waals surface area contributed by atoms with E-state index in [-0.39, 0.29) is 6.04 Å². The fourth-order valence-corrected chi connectivity index (χ4v) is 2.29. The molecule has 100 valence electrons. The molecule has 1 amide bonds. The molecule has 0 spiro atoms. The summed E-state index contributed by atoms with van der Waals surface area (Å²) >= 11 is 0. The topological polar surface area (TPSA) is 108 Å². The first kappa shape index (κ1) is 12.5. The van der Waals surface area contributed by atoms with Gasteiger partial charge in [-0.25, -0.2) is 10.2 Å². The Hall–Kier alpha value is -1.96. The standard InChI is InChI=1S/C10H18N6O2/c1-15-9(8(11)5-12-15)16-4-2-3-7(6-16)13-14-10(17)18/h5,7,13-14H,2-4,6,11H2,1H3,(H,17,18). The van der Waals surface area contributed by atoms with Gasteiger partial charge in [-0.2, -0.15) is 5.10 Å². The summed E-state index contributed by atoms with van der Waals surface area (Å²) in [6, 6.07) is 0.0733. The van der Waals surface area contributed by atoms with E-state index in [0.29, 0.717) is 12.2 Å². The van der Waals surface area contributed by atoms with E-state index in [2.05, 4.69) is 20.9 Å². The predicted molar refractivity (Wildman–Crippen MR) is 67.2 cm³/mol. The number of nitrogen functional groups attached to an aromatic ring is 1. The molecule has 0 radical (unpaired) electrons. The lowest BCUT2D eigenvalue weighted by molar-refractivity contribution is 0.185. The van der Waals surface area contributed by atoms with Crippen molar-refractivity contribution in [3.63, 3.8) is 0 Å². The average Bonchev–Trinajstić information content (AvgIpc) is 2.67. The number of nitrogens with two attached hydrogens (primary N) is 1. The van der Waals surface area contributed by atoms with Gasteiger partial charge < -0.3 is 15.7 Å². The van der Waals surface area contributed by atoms with Crippen LogP contribution in [-0.4, -0.2) is 40.1 Å². The Morgan fingerprint density at radius 1 is 1.67 bits per heavy atom. The second kappa shape index (κ2) is 5.13. The molecule has 1 saturated heterocycles. The minimum Gasteiger partial charge on any atom is -0.464 e. The highest BCUT2D eigenvalue weighted by atomic mass is 16.4. The Morgan fingerprint density at radius 3 is 3.06 bits per heavy atom. The smallest absolute Gasteiger partial charge is 0.419 e. The number of amides is 1. The van der Waals surface area contributed by atoms with E-state index in [0.717, 1.165) is 25.2 Å². The fraction of sp³-hybridized carbons (Fsp3) is 0.600. The number of nitrogens with one attached hydrogen (secondary N) is 2. The van der Waals surface area contributed by atoms with Gasteiger partial charge in [0.05, 0.1) is 11.9 Å². The Morgan fingerprint density at radius 2 is 2.44 bits per heavy atom. The summed E-state index contributed by atoms with van der Waals surface area (Å²) in [6.45, 7) is 1.60. The van der Waals surface area contributed by atoms with E-state index in [1.807, 2.05) is 7.05 Å². The SMILES string of the molecule is Cn1ncc(N)c1N1CCCC(NNC(=O)O)C1. The molecule has 0 aromatic carbocycles. The molecule has 2 rings (SSSR count). The Labute approximate surface area is 105 Å². The zero-order valence-electron chi connectivity index (χ0n) is 10.3. The van der Waals surface area contributed by atoms with Crippen molar-refractivity contribution in [3.05, 3.63) is 6.20 Å². The van der Waals surface area contributed by atoms with Crippen LogP contribution >= 0.6 is 0 Å². The maximum absolute atomic E-state index is 10.4. The minimum absolute atomic E-state index is 0.0733. The summed E-state index contributed by atoms with van der Waals surface area (Å²) in [5.41, 5.74) is 11.5. The van der Waals surface area contributed by atoms with Crippen molar-refractivity contribution in [1.82, 2.24) is 20.6 Å². The summed E-state index contributed by atoms with van der Waals surface area (Å²) in [7, 11) is 1.85. The largest absolute Gasteiger partial charge is 0.464 e. The van der Waals surface area contributed by atoms with Gasteiger partial charge >= 0.3 is 6.09 Å². The summed E-state index contributed by atoms with van der Waals surface area (Å²) in [4.78, 5) is 12.6. The number of aryl methyl sites for hydroxylation is 1. The predicted octanol–water partition coefficient (Wildman–Crippen LogP) is -0.257. The third-order valence-electron chi connectivity index (χ3n) is 3.04. The van der Waals surface area contributed by atoms with E-state index >= 15 is 0 Å². The molecule has 1 aromatic rings. The molecule has 1 atom stereocenters. The van der Waals surface area contributed by atoms with Crippen molar-refractivity contribution in [2.24, 2.45) is 7.05 Å². The molecular formula is C10H18N6O2. The number of piperidine rings is 1. The van der Waals surface area contributed by atoms with Crippen LogP contribution in [0.1, 0.15) is 12.8 Å². The number of carboxylic acid groups (broad SMARTS) is 1. The molecule has 8 heteroatoms. The highest BCUT2D eigenvalue weighted by Gasteiger charge is 2.23. The van der Waals surface area contributed by atoms with Gasteiger partial charge in [0.2, 0.25) is 0 Å². The normalized spacial score (nSPS) is 19.8. The van der Waals surface area contributed by atoms with Crippen LogP contribution in [0.25, 0.3) is 0 Å². The van der Waals surface area contributed by atoms with Gasteiger partial charge in [-0.15, -0.1) is 0 Å². The first-order valence-electron chi connectivity index (χ1n) is 5.85. The van der Waals surface area contributed by atoms with Crippen LogP contribution in [0.4, 0.5) is 16.3 Å². The maximum atomic E-state index is 10.4. The van der Waals surface area contributed by atoms with Crippen LogP contribution in [0.5, 0.6) is 0 Å². The van der Waals surface area contributed by atoms with Crippen LogP contribution in [0.3, 0.4) is 0 Å². The zero-order chi connectivity index (χ0) is 13.1. The molecule has 0 aliphatic carbocycles. The van der Waals surface area contributed by atoms with Crippen LogP contribution in [0, 0.1) is 0 Å². The molecule has 2 heterocycles. The summed E-state index contributed by atoms with van der Waals surface area (Å²) in [5.74, 6) is 0.886. The highest BCUT2D eigenvalue weighted by molar-refractivity contribution is 5.64. The monoisotopic (exact) mass is 254 g/mol. The van der Waals surface area contributed by atoms with Crippen molar-refractivity contribution < 1.29 is 9.90 Å². The lowest BCUT2D eigenvalue weighted by Gasteiger charge is -2.34. The second-order valence-electron chi connectivity index (χ2n) is 4.41. The highest BCUT2D eigenvalue weighted by Crippen LogP contribution is 2.24. The quantitative estimate of drug-likeness (QED) is 0.554. The molecule has 1 aliphatic heterocycles. The number of rotatable bonds is 3. The molecule has 1 aromatic heterocycles. The molecule has 1 unspecified atom stereocenters. The van der Waals surface area contributed by atoms with Crippen molar-refractivity contribution in [2.75, 3.05) is 23.7 Å². The molecule has 5 N–H and O–H groups in total. The molecule has 0 bridgehead atoms. The van der Waals surface area contributed by atoms with E-state index in [1.165, 1.54) is 0 Å². The van der Waals surface area contributed by atoms with Crippen LogP contribution in [0.15, 0.2) is 6.20 Å². The van der Waals surface area contributed by atoms with Crippen LogP contribution in [-0.2, 0) is 7.05 Å². The second-order valence-corrected chi connectivity index (χ2v) is 4.41. The van der Waals surface area contributed by atoms with E-state index in [9.17, 15) is 4.79 Å². The third kappa shape index (κ3) is 2.65. The Kier molecular flexibility index (Phi) is 3.56. The van der Waals surface area contributed by atoms with Gasteiger partial charge in [-0.3, -0.25) is 10.1 Å². The van der Waals surface area contributed by atoms with Crippen LogP contribution < -0.4 is 21.5 Å². The number of nitrogens with zero attached hydrogens (tertiary/aromatic N) is 3. The van der Waals surface area contributed by atoms with Gasteiger partial charge in [0, 0.05) is 26.2 Å². The molecule has 8 nitrogen and oxygen atoms in total. The van der Waals surface area contributed by atoms with E-state index in [1.54, 1.807) is 10.9 Å². The number of anilines is 2. The first-order valence-corrected chi connectivity index (χ1v) is 5.85. The Balaban J connectivity index is 2.00. The lowest BCUT2D eigenvalue weighted by atomic mass is 10.1. The number of carbonyl (C=O) groups is 1. The average molecular weight is 254 g/mol. The van der Waals surface area contributed by atoms with E-state index < -0.39 is 6.09 Å². The van der Waals surface area contributed by atoms with Gasteiger partial charge in [-0.05, 0) is 12.8 Å². The third-order valence-corrected chi connectivity index (χ3v) is 3.04. The summed E-state index contributed by atoms with van der Waals surface area (Å²) in [6.07, 6.45) is 2.45.